The van der Waals surface area contributed by atoms with E-state index in [1.165, 1.54) is 0 Å². The van der Waals surface area contributed by atoms with Crippen LogP contribution in [0.4, 0.5) is 10.6 Å². The minimum absolute atomic E-state index is 0.299. The molecule has 1 aromatic rings. The minimum atomic E-state index is -0.574. The normalized spacial score (nSPS) is 10.9. The highest BCUT2D eigenvalue weighted by Crippen LogP contribution is 2.11. The van der Waals surface area contributed by atoms with E-state index >= 15 is 0 Å². The molecule has 1 rings (SSSR count). The lowest BCUT2D eigenvalue weighted by Gasteiger charge is -2.19. The van der Waals surface area contributed by atoms with E-state index in [-0.39, 0.29) is 0 Å². The van der Waals surface area contributed by atoms with Crippen LogP contribution in [0, 0.1) is 0 Å². The molecule has 0 aliphatic carbocycles. The van der Waals surface area contributed by atoms with E-state index in [9.17, 15) is 4.79 Å². The van der Waals surface area contributed by atoms with Crippen molar-refractivity contribution in [2.24, 2.45) is 0 Å². The van der Waals surface area contributed by atoms with Crippen LogP contribution in [0.3, 0.4) is 0 Å². The molecule has 19 heavy (non-hydrogen) atoms. The molecule has 7 nitrogen and oxygen atoms in total. The van der Waals surface area contributed by atoms with E-state index in [4.69, 9.17) is 14.2 Å². The Balaban J connectivity index is 2.45. The van der Waals surface area contributed by atoms with Gasteiger partial charge in [-0.15, -0.1) is 10.2 Å². The van der Waals surface area contributed by atoms with Gasteiger partial charge >= 0.3 is 6.09 Å². The van der Waals surface area contributed by atoms with Gasteiger partial charge in [0.05, 0.1) is 6.61 Å². The summed E-state index contributed by atoms with van der Waals surface area (Å²) in [6.45, 7) is 6.21. The molecule has 1 amide bonds. The number of carbonyl (C=O) groups is 1. The zero-order chi connectivity index (χ0) is 14.3. The number of aromatic nitrogens is 2. The van der Waals surface area contributed by atoms with E-state index < -0.39 is 11.7 Å². The first-order valence-corrected chi connectivity index (χ1v) is 5.86. The lowest BCUT2D eigenvalue weighted by atomic mass is 10.2. The molecular formula is C12H19N3O4. The van der Waals surface area contributed by atoms with Gasteiger partial charge in [0, 0.05) is 13.2 Å². The van der Waals surface area contributed by atoms with Crippen molar-refractivity contribution in [3.63, 3.8) is 0 Å². The summed E-state index contributed by atoms with van der Waals surface area (Å²) >= 11 is 0. The maximum atomic E-state index is 11.5. The Kier molecular flexibility index (Phi) is 5.50. The van der Waals surface area contributed by atoms with Gasteiger partial charge in [-0.25, -0.2) is 4.79 Å². The van der Waals surface area contributed by atoms with Crippen molar-refractivity contribution in [1.29, 1.82) is 0 Å². The van der Waals surface area contributed by atoms with E-state index in [0.29, 0.717) is 24.9 Å². The second-order valence-electron chi connectivity index (χ2n) is 4.72. The summed E-state index contributed by atoms with van der Waals surface area (Å²) in [6, 6.07) is 3.19. The maximum absolute atomic E-state index is 11.5. The highest BCUT2D eigenvalue weighted by atomic mass is 16.6. The topological polar surface area (TPSA) is 82.6 Å². The first-order chi connectivity index (χ1) is 8.90. The van der Waals surface area contributed by atoms with Gasteiger partial charge in [0.25, 0.3) is 0 Å². The Morgan fingerprint density at radius 1 is 1.26 bits per heavy atom. The molecule has 106 valence electrons. The third-order valence-corrected chi connectivity index (χ3v) is 1.81. The first kappa shape index (κ1) is 15.2. The van der Waals surface area contributed by atoms with Crippen LogP contribution in [0.15, 0.2) is 12.1 Å². The molecule has 0 saturated carbocycles. The molecule has 1 aromatic heterocycles. The Morgan fingerprint density at radius 3 is 2.53 bits per heavy atom. The molecule has 0 atom stereocenters. The highest BCUT2D eigenvalue weighted by molar-refractivity contribution is 5.83. The zero-order valence-electron chi connectivity index (χ0n) is 11.6. The molecule has 0 bridgehead atoms. The van der Waals surface area contributed by atoms with E-state index in [1.807, 2.05) is 0 Å². The maximum Gasteiger partial charge on any atom is 0.413 e. The number of amides is 1. The molecule has 1 N–H and O–H groups in total. The summed E-state index contributed by atoms with van der Waals surface area (Å²) < 4.78 is 15.2. The van der Waals surface area contributed by atoms with Crippen molar-refractivity contribution >= 4 is 11.9 Å². The predicted molar refractivity (Wildman–Crippen MR) is 69.3 cm³/mol. The van der Waals surface area contributed by atoms with Gasteiger partial charge in [0.15, 0.2) is 5.82 Å². The van der Waals surface area contributed by atoms with Crippen LogP contribution >= 0.6 is 0 Å². The molecule has 0 radical (unpaired) electrons. The number of hydrogen-bond donors (Lipinski definition) is 1. The molecule has 0 aliphatic heterocycles. The number of nitrogens with zero attached hydrogens (tertiary/aromatic N) is 2. The summed E-state index contributed by atoms with van der Waals surface area (Å²) in [4.78, 5) is 11.5. The number of anilines is 1. The lowest BCUT2D eigenvalue weighted by Crippen LogP contribution is -2.27. The fraction of sp³-hybridized carbons (Fsp3) is 0.583. The quantitative estimate of drug-likeness (QED) is 0.821. The Labute approximate surface area is 112 Å². The standard InChI is InChI=1S/C12H19N3O4/c1-12(2,3)19-11(16)13-9-5-6-10(15-14-9)18-8-7-17-4/h5-6H,7-8H2,1-4H3,(H,13,14,16). The molecule has 7 heteroatoms. The average molecular weight is 269 g/mol. The summed E-state index contributed by atoms with van der Waals surface area (Å²) in [5.41, 5.74) is -0.555. The summed E-state index contributed by atoms with van der Waals surface area (Å²) in [5, 5.41) is 10.1. The largest absolute Gasteiger partial charge is 0.474 e. The number of nitrogens with one attached hydrogen (secondary N) is 1. The van der Waals surface area contributed by atoms with E-state index in [0.717, 1.165) is 0 Å². The number of ether oxygens (including phenoxy) is 3. The summed E-state index contributed by atoms with van der Waals surface area (Å²) in [5.74, 6) is 0.667. The number of methoxy groups -OCH3 is 1. The minimum Gasteiger partial charge on any atom is -0.474 e. The van der Waals surface area contributed by atoms with Crippen molar-refractivity contribution < 1.29 is 19.0 Å². The van der Waals surface area contributed by atoms with Crippen molar-refractivity contribution in [2.45, 2.75) is 26.4 Å². The fourth-order valence-corrected chi connectivity index (χ4v) is 1.10. The predicted octanol–water partition coefficient (Wildman–Crippen LogP) is 1.85. The SMILES string of the molecule is COCCOc1ccc(NC(=O)OC(C)(C)C)nn1. The van der Waals surface area contributed by atoms with E-state index in [2.05, 4.69) is 15.5 Å². The highest BCUT2D eigenvalue weighted by Gasteiger charge is 2.16. The van der Waals surface area contributed by atoms with Crippen LogP contribution in [0.25, 0.3) is 0 Å². The van der Waals surface area contributed by atoms with Crippen LogP contribution in [0.2, 0.25) is 0 Å². The van der Waals surface area contributed by atoms with Crippen LogP contribution in [-0.2, 0) is 9.47 Å². The fourth-order valence-electron chi connectivity index (χ4n) is 1.10. The zero-order valence-corrected chi connectivity index (χ0v) is 11.6. The van der Waals surface area contributed by atoms with Gasteiger partial charge in [0.1, 0.15) is 12.2 Å². The van der Waals surface area contributed by atoms with Gasteiger partial charge in [0.2, 0.25) is 5.88 Å². The monoisotopic (exact) mass is 269 g/mol. The Hall–Kier alpha value is -1.89. The smallest absolute Gasteiger partial charge is 0.413 e. The molecule has 1 heterocycles. The van der Waals surface area contributed by atoms with Crippen molar-refractivity contribution in [3.8, 4) is 5.88 Å². The second kappa shape index (κ2) is 6.89. The third kappa shape index (κ3) is 6.56. The van der Waals surface area contributed by atoms with E-state index in [1.54, 1.807) is 40.0 Å². The van der Waals surface area contributed by atoms with Gasteiger partial charge in [-0.3, -0.25) is 5.32 Å². The number of carbonyl (C=O) groups excluding carboxylic acids is 1. The number of hydrogen-bond acceptors (Lipinski definition) is 6. The van der Waals surface area contributed by atoms with Crippen LogP contribution in [0.5, 0.6) is 5.88 Å². The van der Waals surface area contributed by atoms with Crippen molar-refractivity contribution in [2.75, 3.05) is 25.6 Å². The van der Waals surface area contributed by atoms with Crippen LogP contribution in [0.1, 0.15) is 20.8 Å². The Morgan fingerprint density at radius 2 is 2.00 bits per heavy atom. The molecule has 0 spiro atoms. The summed E-state index contributed by atoms with van der Waals surface area (Å²) in [7, 11) is 1.59. The molecule has 0 aliphatic rings. The molecule has 0 unspecified atom stereocenters. The van der Waals surface area contributed by atoms with Gasteiger partial charge < -0.3 is 14.2 Å². The van der Waals surface area contributed by atoms with Gasteiger partial charge in [-0.1, -0.05) is 0 Å². The first-order valence-electron chi connectivity index (χ1n) is 5.86. The van der Waals surface area contributed by atoms with Crippen LogP contribution in [-0.4, -0.2) is 42.2 Å². The lowest BCUT2D eigenvalue weighted by molar-refractivity contribution is 0.0635. The molecular weight excluding hydrogens is 250 g/mol. The average Bonchev–Trinajstić information content (AvgIpc) is 2.29. The van der Waals surface area contributed by atoms with Gasteiger partial charge in [-0.05, 0) is 26.8 Å². The van der Waals surface area contributed by atoms with Gasteiger partial charge in [-0.2, -0.15) is 0 Å². The molecule has 0 aromatic carbocycles. The summed E-state index contributed by atoms with van der Waals surface area (Å²) in [6.07, 6.45) is -0.574. The molecule has 0 saturated heterocycles. The molecule has 0 fully saturated rings. The Bertz CT molecular complexity index is 400. The second-order valence-corrected chi connectivity index (χ2v) is 4.72. The third-order valence-electron chi connectivity index (χ3n) is 1.81. The number of rotatable bonds is 5. The van der Waals surface area contributed by atoms with Crippen molar-refractivity contribution in [3.05, 3.63) is 12.1 Å². The van der Waals surface area contributed by atoms with Crippen molar-refractivity contribution in [1.82, 2.24) is 10.2 Å². The van der Waals surface area contributed by atoms with Crippen LogP contribution < -0.4 is 10.1 Å².